The molecule has 0 aliphatic carbocycles. The highest BCUT2D eigenvalue weighted by Gasteiger charge is 2.19. The summed E-state index contributed by atoms with van der Waals surface area (Å²) in [6.07, 6.45) is 4.81. The van der Waals surface area contributed by atoms with Crippen LogP contribution in [0.2, 0.25) is 0 Å². The standard InChI is InChI=1S/C23H21FN6OS/c1-14-12-25-6-5-16(14)17-4-2-3-15-11-19(32-21(15)17)20-18(24)13-28-22(29-20)26-7-9-30-10-8-27-23(30)31/h2-6,11-13H,7-10H2,1H3,(H,27,31)(H,26,28,29). The Morgan fingerprint density at radius 3 is 2.97 bits per heavy atom. The number of rotatable bonds is 6. The van der Waals surface area contributed by atoms with Crippen molar-refractivity contribution >= 4 is 33.4 Å². The zero-order valence-electron chi connectivity index (χ0n) is 17.4. The van der Waals surface area contributed by atoms with Gasteiger partial charge in [0.05, 0.1) is 11.1 Å². The van der Waals surface area contributed by atoms with Crippen LogP contribution in [0.1, 0.15) is 5.56 Å². The average molecular weight is 449 g/mol. The Hall–Kier alpha value is -3.59. The van der Waals surface area contributed by atoms with Crippen LogP contribution < -0.4 is 10.6 Å². The maximum absolute atomic E-state index is 14.7. The van der Waals surface area contributed by atoms with Crippen molar-refractivity contribution in [3.8, 4) is 21.7 Å². The molecule has 0 spiro atoms. The average Bonchev–Trinajstić information content (AvgIpc) is 3.41. The number of pyridine rings is 1. The van der Waals surface area contributed by atoms with Crippen LogP contribution in [0, 0.1) is 12.7 Å². The maximum Gasteiger partial charge on any atom is 0.317 e. The van der Waals surface area contributed by atoms with Crippen molar-refractivity contribution in [3.05, 3.63) is 60.3 Å². The van der Waals surface area contributed by atoms with E-state index in [2.05, 4.69) is 31.7 Å². The van der Waals surface area contributed by atoms with Gasteiger partial charge in [-0.05, 0) is 41.1 Å². The molecule has 0 atom stereocenters. The van der Waals surface area contributed by atoms with Crippen LogP contribution in [0.3, 0.4) is 0 Å². The predicted octanol–water partition coefficient (Wildman–Crippen LogP) is 4.30. The smallest absolute Gasteiger partial charge is 0.317 e. The van der Waals surface area contributed by atoms with Gasteiger partial charge in [0.15, 0.2) is 5.82 Å². The predicted molar refractivity (Wildman–Crippen MR) is 124 cm³/mol. The Labute approximate surface area is 188 Å². The van der Waals surface area contributed by atoms with Gasteiger partial charge in [0.1, 0.15) is 5.69 Å². The number of nitrogens with one attached hydrogen (secondary N) is 2. The molecular formula is C23H21FN6OS. The molecular weight excluding hydrogens is 427 g/mol. The van der Waals surface area contributed by atoms with E-state index >= 15 is 0 Å². The number of urea groups is 1. The summed E-state index contributed by atoms with van der Waals surface area (Å²) in [6.45, 7) is 4.37. The molecule has 1 aliphatic rings. The molecule has 162 valence electrons. The number of halogens is 1. The fourth-order valence-electron chi connectivity index (χ4n) is 3.82. The van der Waals surface area contributed by atoms with Crippen molar-refractivity contribution in [2.24, 2.45) is 0 Å². The highest BCUT2D eigenvalue weighted by atomic mass is 32.1. The summed E-state index contributed by atoms with van der Waals surface area (Å²) in [5.41, 5.74) is 3.55. The molecule has 1 fully saturated rings. The third-order valence-corrected chi connectivity index (χ3v) is 6.63. The number of carbonyl (C=O) groups is 1. The maximum atomic E-state index is 14.7. The van der Waals surface area contributed by atoms with E-state index < -0.39 is 5.82 Å². The molecule has 4 heterocycles. The van der Waals surface area contributed by atoms with Gasteiger partial charge in [-0.2, -0.15) is 0 Å². The molecule has 32 heavy (non-hydrogen) atoms. The zero-order chi connectivity index (χ0) is 22.1. The Morgan fingerprint density at radius 1 is 1.25 bits per heavy atom. The number of hydrogen-bond acceptors (Lipinski definition) is 6. The number of aromatic nitrogens is 3. The van der Waals surface area contributed by atoms with E-state index in [-0.39, 0.29) is 11.7 Å². The number of fused-ring (bicyclic) bond motifs is 1. The Balaban J connectivity index is 1.43. The van der Waals surface area contributed by atoms with E-state index in [1.807, 2.05) is 37.4 Å². The lowest BCUT2D eigenvalue weighted by atomic mass is 10.0. The molecule has 3 aromatic heterocycles. The van der Waals surface area contributed by atoms with E-state index in [0.717, 1.165) is 31.7 Å². The van der Waals surface area contributed by atoms with Gasteiger partial charge in [-0.1, -0.05) is 18.2 Å². The van der Waals surface area contributed by atoms with Crippen LogP contribution in [-0.2, 0) is 0 Å². The lowest BCUT2D eigenvalue weighted by Gasteiger charge is -2.14. The van der Waals surface area contributed by atoms with Crippen LogP contribution in [-0.4, -0.2) is 52.1 Å². The molecule has 1 aromatic carbocycles. The van der Waals surface area contributed by atoms with Crippen LogP contribution in [0.15, 0.2) is 48.9 Å². The number of aryl methyl sites for hydroxylation is 1. The lowest BCUT2D eigenvalue weighted by Crippen LogP contribution is -2.32. The third kappa shape index (κ3) is 3.87. The number of amides is 2. The number of carbonyl (C=O) groups excluding carboxylic acids is 1. The van der Waals surface area contributed by atoms with E-state index in [1.165, 1.54) is 17.5 Å². The molecule has 5 rings (SSSR count). The monoisotopic (exact) mass is 448 g/mol. The summed E-state index contributed by atoms with van der Waals surface area (Å²) in [4.78, 5) is 26.8. The van der Waals surface area contributed by atoms with Crippen molar-refractivity contribution in [3.63, 3.8) is 0 Å². The molecule has 1 saturated heterocycles. The second kappa shape index (κ2) is 8.51. The summed E-state index contributed by atoms with van der Waals surface area (Å²) in [7, 11) is 0. The summed E-state index contributed by atoms with van der Waals surface area (Å²) in [6, 6.07) is 9.99. The molecule has 0 radical (unpaired) electrons. The fourth-order valence-corrected chi connectivity index (χ4v) is 5.00. The van der Waals surface area contributed by atoms with Crippen molar-refractivity contribution in [2.75, 3.05) is 31.5 Å². The molecule has 0 unspecified atom stereocenters. The second-order valence-corrected chi connectivity index (χ2v) is 8.61. The molecule has 7 nitrogen and oxygen atoms in total. The summed E-state index contributed by atoms with van der Waals surface area (Å²) < 4.78 is 15.7. The number of nitrogens with zero attached hydrogens (tertiary/aromatic N) is 4. The highest BCUT2D eigenvalue weighted by Crippen LogP contribution is 2.40. The number of anilines is 1. The lowest BCUT2D eigenvalue weighted by molar-refractivity contribution is 0.219. The van der Waals surface area contributed by atoms with Crippen molar-refractivity contribution < 1.29 is 9.18 Å². The van der Waals surface area contributed by atoms with Crippen LogP contribution >= 0.6 is 11.3 Å². The molecule has 4 aromatic rings. The summed E-state index contributed by atoms with van der Waals surface area (Å²) in [5.74, 6) is -0.133. The Morgan fingerprint density at radius 2 is 2.16 bits per heavy atom. The minimum atomic E-state index is -0.470. The van der Waals surface area contributed by atoms with Crippen LogP contribution in [0.5, 0.6) is 0 Å². The molecule has 0 bridgehead atoms. The van der Waals surface area contributed by atoms with Crippen molar-refractivity contribution in [1.29, 1.82) is 0 Å². The van der Waals surface area contributed by atoms with E-state index in [4.69, 9.17) is 0 Å². The minimum absolute atomic E-state index is 0.0713. The number of thiophene rings is 1. The first kappa shape index (κ1) is 20.3. The van der Waals surface area contributed by atoms with Gasteiger partial charge >= 0.3 is 6.03 Å². The highest BCUT2D eigenvalue weighted by molar-refractivity contribution is 7.22. The number of hydrogen-bond donors (Lipinski definition) is 2. The van der Waals surface area contributed by atoms with E-state index in [0.29, 0.717) is 32.1 Å². The topological polar surface area (TPSA) is 83.0 Å². The quantitative estimate of drug-likeness (QED) is 0.459. The molecule has 1 aliphatic heterocycles. The molecule has 2 N–H and O–H groups in total. The van der Waals surface area contributed by atoms with Gasteiger partial charge in [0.2, 0.25) is 5.95 Å². The largest absolute Gasteiger partial charge is 0.352 e. The molecule has 9 heteroatoms. The van der Waals surface area contributed by atoms with Crippen LogP contribution in [0.4, 0.5) is 15.1 Å². The van der Waals surface area contributed by atoms with Crippen molar-refractivity contribution in [1.82, 2.24) is 25.2 Å². The first-order valence-electron chi connectivity index (χ1n) is 10.3. The summed E-state index contributed by atoms with van der Waals surface area (Å²) in [5, 5.41) is 6.89. The summed E-state index contributed by atoms with van der Waals surface area (Å²) >= 11 is 1.51. The normalized spacial score (nSPS) is 13.6. The van der Waals surface area contributed by atoms with E-state index in [9.17, 15) is 9.18 Å². The first-order valence-corrected chi connectivity index (χ1v) is 11.1. The fraction of sp³-hybridized carbons (Fsp3) is 0.217. The Bertz CT molecular complexity index is 1310. The van der Waals surface area contributed by atoms with Gasteiger partial charge in [0.25, 0.3) is 0 Å². The van der Waals surface area contributed by atoms with Gasteiger partial charge < -0.3 is 15.5 Å². The van der Waals surface area contributed by atoms with Crippen molar-refractivity contribution in [2.45, 2.75) is 6.92 Å². The number of benzene rings is 1. The zero-order valence-corrected chi connectivity index (χ0v) is 18.2. The third-order valence-electron chi connectivity index (χ3n) is 5.44. The van der Waals surface area contributed by atoms with Gasteiger partial charge in [-0.3, -0.25) is 4.98 Å². The minimum Gasteiger partial charge on any atom is -0.352 e. The molecule has 0 saturated carbocycles. The van der Waals surface area contributed by atoms with Gasteiger partial charge in [-0.25, -0.2) is 19.2 Å². The SMILES string of the molecule is Cc1cnccc1-c1cccc2cc(-c3nc(NCCN4CCNC4=O)ncc3F)sc12. The van der Waals surface area contributed by atoms with Gasteiger partial charge in [-0.15, -0.1) is 11.3 Å². The van der Waals surface area contributed by atoms with Gasteiger partial charge in [0, 0.05) is 43.3 Å². The van der Waals surface area contributed by atoms with E-state index in [1.54, 1.807) is 11.1 Å². The first-order chi connectivity index (χ1) is 15.6. The molecule has 2 amide bonds. The Kier molecular flexibility index (Phi) is 5.40. The van der Waals surface area contributed by atoms with Crippen LogP contribution in [0.25, 0.3) is 31.8 Å². The second-order valence-electron chi connectivity index (χ2n) is 7.56.